The first-order chi connectivity index (χ1) is 9.79. The quantitative estimate of drug-likeness (QED) is 0.886. The number of morpholine rings is 1. The number of aromatic nitrogens is 1. The van der Waals surface area contributed by atoms with Crippen molar-refractivity contribution in [2.24, 2.45) is 5.73 Å². The van der Waals surface area contributed by atoms with Gasteiger partial charge in [0, 0.05) is 30.2 Å². The lowest BCUT2D eigenvalue weighted by atomic mass is 10.1. The maximum Gasteiger partial charge on any atom is 0.254 e. The van der Waals surface area contributed by atoms with Gasteiger partial charge in [-0.1, -0.05) is 6.07 Å². The highest BCUT2D eigenvalue weighted by atomic mass is 16.5. The second-order valence-corrected chi connectivity index (χ2v) is 4.87. The summed E-state index contributed by atoms with van der Waals surface area (Å²) >= 11 is 0. The molecule has 20 heavy (non-hydrogen) atoms. The van der Waals surface area contributed by atoms with E-state index in [-0.39, 0.29) is 11.9 Å². The minimum atomic E-state index is -0.0409. The number of rotatable bonds is 2. The van der Waals surface area contributed by atoms with Crippen LogP contribution < -0.4 is 5.73 Å². The number of carbonyl (C=O) groups is 1. The number of benzene rings is 1. The molecule has 2 N–H and O–H groups in total. The summed E-state index contributed by atoms with van der Waals surface area (Å²) in [6, 6.07) is 9.36. The Kier molecular flexibility index (Phi) is 3.62. The Balaban J connectivity index is 1.91. The second kappa shape index (κ2) is 5.56. The van der Waals surface area contributed by atoms with Crippen molar-refractivity contribution in [2.75, 3.05) is 26.3 Å². The van der Waals surface area contributed by atoms with Crippen LogP contribution >= 0.6 is 0 Å². The van der Waals surface area contributed by atoms with Gasteiger partial charge in [-0.05, 0) is 24.3 Å². The predicted molar refractivity (Wildman–Crippen MR) is 76.4 cm³/mol. The molecule has 1 amide bonds. The van der Waals surface area contributed by atoms with Gasteiger partial charge < -0.3 is 15.4 Å². The minimum Gasteiger partial charge on any atom is -0.377 e. The Morgan fingerprint density at radius 2 is 2.35 bits per heavy atom. The van der Waals surface area contributed by atoms with Crippen LogP contribution in [0.15, 0.2) is 36.5 Å². The van der Waals surface area contributed by atoms with Crippen LogP contribution in [0.2, 0.25) is 0 Å². The van der Waals surface area contributed by atoms with Gasteiger partial charge in [0.15, 0.2) is 0 Å². The summed E-state index contributed by atoms with van der Waals surface area (Å²) in [5, 5.41) is 0.968. The van der Waals surface area contributed by atoms with Crippen LogP contribution in [0.5, 0.6) is 0 Å². The van der Waals surface area contributed by atoms with Crippen LogP contribution in [0.3, 0.4) is 0 Å². The fourth-order valence-corrected chi connectivity index (χ4v) is 2.49. The number of hydrogen-bond acceptors (Lipinski definition) is 4. The number of fused-ring (bicyclic) bond motifs is 1. The lowest BCUT2D eigenvalue weighted by Gasteiger charge is -2.35. The zero-order chi connectivity index (χ0) is 13.9. The third-order valence-electron chi connectivity index (χ3n) is 3.61. The number of amides is 1. The van der Waals surface area contributed by atoms with Gasteiger partial charge in [0.25, 0.3) is 5.91 Å². The Morgan fingerprint density at radius 3 is 3.20 bits per heavy atom. The minimum absolute atomic E-state index is 0.00880. The van der Waals surface area contributed by atoms with Crippen molar-refractivity contribution in [3.05, 3.63) is 42.1 Å². The molecule has 5 nitrogen and oxygen atoms in total. The van der Waals surface area contributed by atoms with E-state index in [2.05, 4.69) is 4.98 Å². The summed E-state index contributed by atoms with van der Waals surface area (Å²) in [6.45, 7) is 2.08. The Bertz CT molecular complexity index is 629. The summed E-state index contributed by atoms with van der Waals surface area (Å²) in [6.07, 6.45) is 1.75. The SMILES string of the molecule is NCC1COCCN1C(=O)c1ccc2ncccc2c1. The van der Waals surface area contributed by atoms with E-state index in [0.29, 0.717) is 31.9 Å². The maximum atomic E-state index is 12.6. The molecule has 0 spiro atoms. The molecule has 1 aliphatic heterocycles. The number of hydrogen-bond donors (Lipinski definition) is 1. The van der Waals surface area contributed by atoms with Gasteiger partial charge in [-0.15, -0.1) is 0 Å². The summed E-state index contributed by atoms with van der Waals surface area (Å²) in [5.74, 6) is 0.00880. The normalized spacial score (nSPS) is 19.2. The van der Waals surface area contributed by atoms with Gasteiger partial charge in [0.2, 0.25) is 0 Å². The van der Waals surface area contributed by atoms with Crippen molar-refractivity contribution in [3.63, 3.8) is 0 Å². The third kappa shape index (κ3) is 2.37. The lowest BCUT2D eigenvalue weighted by molar-refractivity contribution is 0.000849. The Labute approximate surface area is 117 Å². The fraction of sp³-hybridized carbons (Fsp3) is 0.333. The van der Waals surface area contributed by atoms with Crippen LogP contribution in [-0.4, -0.2) is 48.1 Å². The standard InChI is InChI=1S/C15H17N3O2/c16-9-13-10-20-7-6-18(13)15(19)12-3-4-14-11(8-12)2-1-5-17-14/h1-5,8,13H,6-7,9-10,16H2. The van der Waals surface area contributed by atoms with E-state index in [1.807, 2.05) is 30.3 Å². The maximum absolute atomic E-state index is 12.6. The van der Waals surface area contributed by atoms with Crippen molar-refractivity contribution in [1.82, 2.24) is 9.88 Å². The summed E-state index contributed by atoms with van der Waals surface area (Å²) in [5.41, 5.74) is 7.28. The zero-order valence-electron chi connectivity index (χ0n) is 11.2. The monoisotopic (exact) mass is 271 g/mol. The molecule has 1 aromatic carbocycles. The molecule has 3 rings (SSSR count). The molecule has 0 aliphatic carbocycles. The molecule has 0 radical (unpaired) electrons. The molecule has 0 saturated carbocycles. The molecule has 104 valence electrons. The van der Waals surface area contributed by atoms with Crippen LogP contribution in [0.4, 0.5) is 0 Å². The van der Waals surface area contributed by atoms with E-state index in [9.17, 15) is 4.79 Å². The zero-order valence-corrected chi connectivity index (χ0v) is 11.2. The average Bonchev–Trinajstić information content (AvgIpc) is 2.53. The third-order valence-corrected chi connectivity index (χ3v) is 3.61. The van der Waals surface area contributed by atoms with Gasteiger partial charge >= 0.3 is 0 Å². The topological polar surface area (TPSA) is 68.5 Å². The molecule has 1 saturated heterocycles. The molecular formula is C15H17N3O2. The van der Waals surface area contributed by atoms with E-state index in [1.54, 1.807) is 11.1 Å². The number of nitrogens with zero attached hydrogens (tertiary/aromatic N) is 2. The van der Waals surface area contributed by atoms with Crippen molar-refractivity contribution in [1.29, 1.82) is 0 Å². The molecule has 1 atom stereocenters. The first-order valence-corrected chi connectivity index (χ1v) is 6.73. The van der Waals surface area contributed by atoms with Gasteiger partial charge in [-0.3, -0.25) is 9.78 Å². The fourth-order valence-electron chi connectivity index (χ4n) is 2.49. The number of nitrogens with two attached hydrogens (primary N) is 1. The van der Waals surface area contributed by atoms with Crippen LogP contribution in [-0.2, 0) is 4.74 Å². The number of carbonyl (C=O) groups excluding carboxylic acids is 1. The van der Waals surface area contributed by atoms with E-state index in [1.165, 1.54) is 0 Å². The van der Waals surface area contributed by atoms with Crippen molar-refractivity contribution in [3.8, 4) is 0 Å². The van der Waals surface area contributed by atoms with E-state index in [4.69, 9.17) is 10.5 Å². The highest BCUT2D eigenvalue weighted by Crippen LogP contribution is 2.17. The van der Waals surface area contributed by atoms with Crippen LogP contribution in [0, 0.1) is 0 Å². The largest absolute Gasteiger partial charge is 0.377 e. The van der Waals surface area contributed by atoms with Crippen LogP contribution in [0.1, 0.15) is 10.4 Å². The lowest BCUT2D eigenvalue weighted by Crippen LogP contribution is -2.52. The van der Waals surface area contributed by atoms with Crippen molar-refractivity contribution < 1.29 is 9.53 Å². The van der Waals surface area contributed by atoms with Crippen molar-refractivity contribution in [2.45, 2.75) is 6.04 Å². The van der Waals surface area contributed by atoms with Gasteiger partial charge in [0.1, 0.15) is 0 Å². The van der Waals surface area contributed by atoms with Gasteiger partial charge in [-0.25, -0.2) is 0 Å². The predicted octanol–water partition coefficient (Wildman–Crippen LogP) is 1.03. The average molecular weight is 271 g/mol. The summed E-state index contributed by atoms with van der Waals surface area (Å²) in [7, 11) is 0. The first-order valence-electron chi connectivity index (χ1n) is 6.73. The Hall–Kier alpha value is -1.98. The molecule has 1 aliphatic rings. The molecule has 2 heterocycles. The highest BCUT2D eigenvalue weighted by Gasteiger charge is 2.27. The highest BCUT2D eigenvalue weighted by molar-refractivity contribution is 5.98. The molecular weight excluding hydrogens is 254 g/mol. The molecule has 0 bridgehead atoms. The van der Waals surface area contributed by atoms with Gasteiger partial charge in [0.05, 0.1) is 24.8 Å². The molecule has 1 aromatic heterocycles. The molecule has 1 unspecified atom stereocenters. The second-order valence-electron chi connectivity index (χ2n) is 4.87. The van der Waals surface area contributed by atoms with Gasteiger partial charge in [-0.2, -0.15) is 0 Å². The molecule has 2 aromatic rings. The van der Waals surface area contributed by atoms with E-state index in [0.717, 1.165) is 10.9 Å². The van der Waals surface area contributed by atoms with E-state index < -0.39 is 0 Å². The molecule has 5 heteroatoms. The van der Waals surface area contributed by atoms with Crippen LogP contribution in [0.25, 0.3) is 10.9 Å². The first kappa shape index (κ1) is 13.0. The van der Waals surface area contributed by atoms with E-state index >= 15 is 0 Å². The smallest absolute Gasteiger partial charge is 0.254 e. The van der Waals surface area contributed by atoms with Crippen molar-refractivity contribution >= 4 is 16.8 Å². The molecule has 1 fully saturated rings. The summed E-state index contributed by atoms with van der Waals surface area (Å²) < 4.78 is 5.38. The number of pyridine rings is 1. The Morgan fingerprint density at radius 1 is 1.45 bits per heavy atom. The summed E-state index contributed by atoms with van der Waals surface area (Å²) in [4.78, 5) is 18.7. The number of ether oxygens (including phenoxy) is 1.